The molecule has 0 aliphatic rings. The van der Waals surface area contributed by atoms with Gasteiger partial charge in [-0.2, -0.15) is 13.2 Å². The number of alkyl halides is 3. The number of aromatic nitrogens is 1. The highest BCUT2D eigenvalue weighted by atomic mass is 19.4. The van der Waals surface area contributed by atoms with E-state index < -0.39 is 24.7 Å². The maximum absolute atomic E-state index is 12.5. The Morgan fingerprint density at radius 3 is 2.52 bits per heavy atom. The molecular formula is C18H19F3N2O4. The number of hydrogen-bond acceptors (Lipinski definition) is 5. The van der Waals surface area contributed by atoms with E-state index in [-0.39, 0.29) is 11.4 Å². The van der Waals surface area contributed by atoms with Crippen LogP contribution in [0.4, 0.5) is 13.2 Å². The molecule has 0 saturated heterocycles. The Hall–Kier alpha value is -2.97. The minimum absolute atomic E-state index is 0.0888. The summed E-state index contributed by atoms with van der Waals surface area (Å²) in [5.41, 5.74) is 0.636. The highest BCUT2D eigenvalue weighted by Gasteiger charge is 2.29. The minimum Gasteiger partial charge on any atom is -0.493 e. The molecule has 1 atom stereocenters. The van der Waals surface area contributed by atoms with Crippen molar-refractivity contribution in [3.63, 3.8) is 0 Å². The molecule has 146 valence electrons. The quantitative estimate of drug-likeness (QED) is 0.791. The minimum atomic E-state index is -4.53. The van der Waals surface area contributed by atoms with Crippen LogP contribution in [0.25, 0.3) is 0 Å². The van der Waals surface area contributed by atoms with Crippen molar-refractivity contribution in [3.05, 3.63) is 47.7 Å². The lowest BCUT2D eigenvalue weighted by Crippen LogP contribution is -2.28. The summed E-state index contributed by atoms with van der Waals surface area (Å²) < 4.78 is 52.1. The molecule has 6 nitrogen and oxygen atoms in total. The number of hydrogen-bond donors (Lipinski definition) is 1. The lowest BCUT2D eigenvalue weighted by atomic mass is 10.1. The Bertz CT molecular complexity index is 796. The number of amides is 1. The largest absolute Gasteiger partial charge is 0.493 e. The molecule has 9 heteroatoms. The maximum Gasteiger partial charge on any atom is 0.422 e. The fourth-order valence-corrected chi connectivity index (χ4v) is 2.31. The van der Waals surface area contributed by atoms with Gasteiger partial charge in [-0.05, 0) is 36.8 Å². The molecule has 1 N–H and O–H groups in total. The van der Waals surface area contributed by atoms with Gasteiger partial charge in [0.25, 0.3) is 5.91 Å². The second-order valence-electron chi connectivity index (χ2n) is 5.57. The van der Waals surface area contributed by atoms with Gasteiger partial charge in [0.15, 0.2) is 18.1 Å². The third-order valence-electron chi connectivity index (χ3n) is 3.64. The summed E-state index contributed by atoms with van der Waals surface area (Å²) in [7, 11) is 3.00. The number of nitrogens with zero attached hydrogens (tertiary/aromatic N) is 1. The zero-order valence-corrected chi connectivity index (χ0v) is 15.0. The van der Waals surface area contributed by atoms with E-state index in [0.29, 0.717) is 11.5 Å². The number of rotatable bonds is 7. The average Bonchev–Trinajstić information content (AvgIpc) is 2.65. The van der Waals surface area contributed by atoms with E-state index in [1.165, 1.54) is 32.5 Å². The van der Waals surface area contributed by atoms with Gasteiger partial charge in [-0.15, -0.1) is 0 Å². The number of carbonyl (C=O) groups excluding carboxylic acids is 1. The summed E-state index contributed by atoms with van der Waals surface area (Å²) >= 11 is 0. The van der Waals surface area contributed by atoms with Crippen LogP contribution in [0.2, 0.25) is 0 Å². The van der Waals surface area contributed by atoms with Gasteiger partial charge in [0, 0.05) is 6.20 Å². The first-order valence-corrected chi connectivity index (χ1v) is 7.92. The molecular weight excluding hydrogens is 365 g/mol. The first-order chi connectivity index (χ1) is 12.7. The fourth-order valence-electron chi connectivity index (χ4n) is 2.31. The van der Waals surface area contributed by atoms with Crippen LogP contribution >= 0.6 is 0 Å². The Labute approximate surface area is 154 Å². The highest BCUT2D eigenvalue weighted by Crippen LogP contribution is 2.30. The summed E-state index contributed by atoms with van der Waals surface area (Å²) in [5, 5.41) is 2.70. The third-order valence-corrected chi connectivity index (χ3v) is 3.64. The van der Waals surface area contributed by atoms with Crippen molar-refractivity contribution >= 4 is 5.91 Å². The van der Waals surface area contributed by atoms with Gasteiger partial charge in [0.05, 0.1) is 20.3 Å². The van der Waals surface area contributed by atoms with Gasteiger partial charge < -0.3 is 19.5 Å². The normalized spacial score (nSPS) is 12.2. The monoisotopic (exact) mass is 384 g/mol. The van der Waals surface area contributed by atoms with Gasteiger partial charge in [-0.3, -0.25) is 4.79 Å². The summed E-state index contributed by atoms with van der Waals surface area (Å²) in [6.07, 6.45) is -3.28. The van der Waals surface area contributed by atoms with Crippen LogP contribution in [0.15, 0.2) is 36.5 Å². The van der Waals surface area contributed by atoms with E-state index in [0.717, 1.165) is 5.56 Å². The van der Waals surface area contributed by atoms with Crippen molar-refractivity contribution in [2.45, 2.75) is 19.1 Å². The van der Waals surface area contributed by atoms with Crippen molar-refractivity contribution in [2.75, 3.05) is 20.8 Å². The van der Waals surface area contributed by atoms with Crippen LogP contribution in [-0.4, -0.2) is 37.9 Å². The van der Waals surface area contributed by atoms with Gasteiger partial charge >= 0.3 is 6.18 Å². The summed E-state index contributed by atoms with van der Waals surface area (Å²) in [6.45, 7) is 0.196. The van der Waals surface area contributed by atoms with E-state index in [1.807, 2.05) is 0 Å². The molecule has 27 heavy (non-hydrogen) atoms. The number of benzene rings is 1. The molecule has 0 aliphatic heterocycles. The molecule has 0 spiro atoms. The van der Waals surface area contributed by atoms with E-state index in [4.69, 9.17) is 9.47 Å². The summed E-state index contributed by atoms with van der Waals surface area (Å²) in [5.74, 6) is 0.0379. The molecule has 1 aromatic heterocycles. The molecule has 0 aliphatic carbocycles. The molecule has 0 fully saturated rings. The molecule has 1 unspecified atom stereocenters. The standard InChI is InChI=1S/C18H19F3N2O4/c1-11(12-6-7-14(25-2)15(9-12)26-3)23-16(24)13-5-4-8-22-17(13)27-10-18(19,20)21/h4-9,11H,10H2,1-3H3,(H,23,24). The van der Waals surface area contributed by atoms with Crippen molar-refractivity contribution in [1.82, 2.24) is 10.3 Å². The van der Waals surface area contributed by atoms with E-state index in [9.17, 15) is 18.0 Å². The van der Waals surface area contributed by atoms with Crippen molar-refractivity contribution in [3.8, 4) is 17.4 Å². The number of nitrogens with one attached hydrogen (secondary N) is 1. The SMILES string of the molecule is COc1ccc(C(C)NC(=O)c2cccnc2OCC(F)(F)F)cc1OC. The van der Waals surface area contributed by atoms with Crippen molar-refractivity contribution < 1.29 is 32.2 Å². The van der Waals surface area contributed by atoms with Crippen molar-refractivity contribution in [1.29, 1.82) is 0 Å². The highest BCUT2D eigenvalue weighted by molar-refractivity contribution is 5.96. The number of carbonyl (C=O) groups is 1. The second kappa shape index (κ2) is 8.61. The van der Waals surface area contributed by atoms with E-state index in [2.05, 4.69) is 15.0 Å². The van der Waals surface area contributed by atoms with Crippen LogP contribution in [0, 0.1) is 0 Å². The van der Waals surface area contributed by atoms with Crippen molar-refractivity contribution in [2.24, 2.45) is 0 Å². The van der Waals surface area contributed by atoms with Crippen LogP contribution < -0.4 is 19.5 Å². The first-order valence-electron chi connectivity index (χ1n) is 7.92. The average molecular weight is 384 g/mol. The Balaban J connectivity index is 2.15. The Kier molecular flexibility index (Phi) is 6.49. The number of methoxy groups -OCH3 is 2. The number of ether oxygens (including phenoxy) is 3. The lowest BCUT2D eigenvalue weighted by Gasteiger charge is -2.17. The van der Waals surface area contributed by atoms with Crippen LogP contribution in [0.1, 0.15) is 28.9 Å². The van der Waals surface area contributed by atoms with Gasteiger partial charge in [0.2, 0.25) is 5.88 Å². The molecule has 1 amide bonds. The molecule has 0 bridgehead atoms. The summed E-state index contributed by atoms with van der Waals surface area (Å²) in [4.78, 5) is 16.2. The maximum atomic E-state index is 12.5. The molecule has 1 aromatic carbocycles. The van der Waals surface area contributed by atoms with Crippen LogP contribution in [0.5, 0.6) is 17.4 Å². The lowest BCUT2D eigenvalue weighted by molar-refractivity contribution is -0.154. The molecule has 1 heterocycles. The first kappa shape index (κ1) is 20.3. The molecule has 0 saturated carbocycles. The van der Waals surface area contributed by atoms with E-state index >= 15 is 0 Å². The zero-order valence-electron chi connectivity index (χ0n) is 15.0. The van der Waals surface area contributed by atoms with Gasteiger partial charge in [0.1, 0.15) is 5.56 Å². The van der Waals surface area contributed by atoms with Crippen LogP contribution in [-0.2, 0) is 0 Å². The fraction of sp³-hybridized carbons (Fsp3) is 0.333. The topological polar surface area (TPSA) is 69.7 Å². The number of halogens is 3. The smallest absolute Gasteiger partial charge is 0.422 e. The Morgan fingerprint density at radius 1 is 1.19 bits per heavy atom. The predicted octanol–water partition coefficient (Wildman–Crippen LogP) is 3.53. The molecule has 2 rings (SSSR count). The Morgan fingerprint density at radius 2 is 1.89 bits per heavy atom. The summed E-state index contributed by atoms with van der Waals surface area (Å²) in [6, 6.07) is 7.47. The third kappa shape index (κ3) is 5.50. The predicted molar refractivity (Wildman–Crippen MR) is 91.2 cm³/mol. The molecule has 2 aromatic rings. The molecule has 0 radical (unpaired) electrons. The van der Waals surface area contributed by atoms with Crippen LogP contribution in [0.3, 0.4) is 0 Å². The van der Waals surface area contributed by atoms with Gasteiger partial charge in [-0.1, -0.05) is 6.07 Å². The zero-order chi connectivity index (χ0) is 20.0. The number of pyridine rings is 1. The second-order valence-corrected chi connectivity index (χ2v) is 5.57. The van der Waals surface area contributed by atoms with E-state index in [1.54, 1.807) is 25.1 Å². The van der Waals surface area contributed by atoms with Gasteiger partial charge in [-0.25, -0.2) is 4.98 Å².